The Kier molecular flexibility index (Phi) is 5.64. The zero-order valence-corrected chi connectivity index (χ0v) is 13.8. The molecule has 2 rings (SSSR count). The van der Waals surface area contributed by atoms with Crippen molar-refractivity contribution in [2.75, 3.05) is 26.7 Å². The summed E-state index contributed by atoms with van der Waals surface area (Å²) in [5, 5.41) is 2.64. The van der Waals surface area contributed by atoms with Gasteiger partial charge in [0.2, 0.25) is 15.9 Å². The Morgan fingerprint density at radius 1 is 1.35 bits per heavy atom. The van der Waals surface area contributed by atoms with Gasteiger partial charge in [0.1, 0.15) is 5.75 Å². The van der Waals surface area contributed by atoms with Gasteiger partial charge < -0.3 is 10.1 Å². The maximum atomic E-state index is 12.6. The van der Waals surface area contributed by atoms with E-state index in [0.29, 0.717) is 31.7 Å². The Balaban J connectivity index is 2.00. The van der Waals surface area contributed by atoms with Crippen molar-refractivity contribution in [1.82, 2.24) is 9.62 Å². The molecule has 7 heteroatoms. The number of sulfonamides is 1. The molecule has 1 fully saturated rings. The van der Waals surface area contributed by atoms with Crippen molar-refractivity contribution >= 4 is 15.9 Å². The number of hydrogen-bond acceptors (Lipinski definition) is 4. The van der Waals surface area contributed by atoms with E-state index in [4.69, 9.17) is 11.2 Å². The molecule has 0 aromatic heterocycles. The van der Waals surface area contributed by atoms with Crippen LogP contribution in [0.5, 0.6) is 5.75 Å². The van der Waals surface area contributed by atoms with Gasteiger partial charge in [-0.15, -0.1) is 6.42 Å². The normalized spacial score (nSPS) is 16.5. The molecule has 23 heavy (non-hydrogen) atoms. The third kappa shape index (κ3) is 4.03. The highest BCUT2D eigenvalue weighted by Crippen LogP contribution is 2.25. The van der Waals surface area contributed by atoms with Gasteiger partial charge in [-0.3, -0.25) is 4.79 Å². The van der Waals surface area contributed by atoms with E-state index in [-0.39, 0.29) is 23.3 Å². The summed E-state index contributed by atoms with van der Waals surface area (Å²) < 4.78 is 31.6. The molecule has 0 radical (unpaired) electrons. The van der Waals surface area contributed by atoms with Crippen LogP contribution >= 0.6 is 0 Å². The maximum absolute atomic E-state index is 12.6. The van der Waals surface area contributed by atoms with E-state index in [2.05, 4.69) is 11.2 Å². The summed E-state index contributed by atoms with van der Waals surface area (Å²) in [6, 6.07) is 6.29. The molecule has 0 atom stereocenters. The van der Waals surface area contributed by atoms with Crippen LogP contribution < -0.4 is 10.1 Å². The molecule has 124 valence electrons. The number of piperidine rings is 1. The van der Waals surface area contributed by atoms with Gasteiger partial charge in [0.05, 0.1) is 18.6 Å². The highest BCUT2D eigenvalue weighted by molar-refractivity contribution is 7.89. The third-order valence-electron chi connectivity index (χ3n) is 3.89. The van der Waals surface area contributed by atoms with Gasteiger partial charge in [-0.2, -0.15) is 4.31 Å². The molecule has 1 heterocycles. The number of terminal acetylenes is 1. The lowest BCUT2D eigenvalue weighted by Gasteiger charge is -2.30. The summed E-state index contributed by atoms with van der Waals surface area (Å²) in [6.07, 6.45) is 6.09. The number of amides is 1. The lowest BCUT2D eigenvalue weighted by atomic mass is 9.97. The predicted molar refractivity (Wildman–Crippen MR) is 86.3 cm³/mol. The number of carbonyl (C=O) groups excluding carboxylic acids is 1. The van der Waals surface area contributed by atoms with Crippen LogP contribution in [0.4, 0.5) is 0 Å². The molecule has 1 amide bonds. The highest BCUT2D eigenvalue weighted by atomic mass is 32.2. The van der Waals surface area contributed by atoms with Gasteiger partial charge in [-0.05, 0) is 37.1 Å². The van der Waals surface area contributed by atoms with Crippen LogP contribution in [0.2, 0.25) is 0 Å². The van der Waals surface area contributed by atoms with Gasteiger partial charge >= 0.3 is 0 Å². The number of nitrogens with one attached hydrogen (secondary N) is 1. The summed E-state index contributed by atoms with van der Waals surface area (Å²) in [5.74, 6) is 2.66. The van der Waals surface area contributed by atoms with Crippen molar-refractivity contribution in [3.8, 4) is 18.1 Å². The second-order valence-corrected chi connectivity index (χ2v) is 7.21. The van der Waals surface area contributed by atoms with Crippen molar-refractivity contribution in [3.05, 3.63) is 24.3 Å². The summed E-state index contributed by atoms with van der Waals surface area (Å²) >= 11 is 0. The first-order chi connectivity index (χ1) is 11.0. The van der Waals surface area contributed by atoms with Gasteiger partial charge in [-0.1, -0.05) is 5.92 Å². The second kappa shape index (κ2) is 7.49. The Labute approximate surface area is 136 Å². The summed E-state index contributed by atoms with van der Waals surface area (Å²) in [6.45, 7) is 0.841. The molecular formula is C16H20N2O4S. The average Bonchev–Trinajstić information content (AvgIpc) is 2.59. The smallest absolute Gasteiger partial charge is 0.243 e. The summed E-state index contributed by atoms with van der Waals surface area (Å²) in [4.78, 5) is 12.1. The summed E-state index contributed by atoms with van der Waals surface area (Å²) in [7, 11) is -2.01. The summed E-state index contributed by atoms with van der Waals surface area (Å²) in [5.41, 5.74) is 0. The number of hydrogen-bond donors (Lipinski definition) is 1. The quantitative estimate of drug-likeness (QED) is 0.809. The molecule has 0 bridgehead atoms. The van der Waals surface area contributed by atoms with E-state index in [0.717, 1.165) is 0 Å². The topological polar surface area (TPSA) is 75.7 Å². The Morgan fingerprint density at radius 2 is 1.96 bits per heavy atom. The first kappa shape index (κ1) is 17.3. The van der Waals surface area contributed by atoms with Crippen LogP contribution in [0.3, 0.4) is 0 Å². The number of ether oxygens (including phenoxy) is 1. The molecule has 0 aliphatic carbocycles. The van der Waals surface area contributed by atoms with Crippen molar-refractivity contribution in [2.24, 2.45) is 5.92 Å². The van der Waals surface area contributed by atoms with Crippen molar-refractivity contribution in [1.29, 1.82) is 0 Å². The van der Waals surface area contributed by atoms with E-state index in [9.17, 15) is 13.2 Å². The molecule has 0 saturated carbocycles. The first-order valence-corrected chi connectivity index (χ1v) is 8.78. The molecule has 6 nitrogen and oxygen atoms in total. The SMILES string of the molecule is C#CCNC(=O)C1CCN(S(=O)(=O)c2ccc(OC)cc2)CC1. The average molecular weight is 336 g/mol. The molecule has 0 spiro atoms. The minimum absolute atomic E-state index is 0.107. The zero-order chi connectivity index (χ0) is 16.9. The Morgan fingerprint density at radius 3 is 2.48 bits per heavy atom. The zero-order valence-electron chi connectivity index (χ0n) is 13.0. The van der Waals surface area contributed by atoms with Crippen LogP contribution in [0, 0.1) is 18.3 Å². The Hall–Kier alpha value is -2.04. The third-order valence-corrected chi connectivity index (χ3v) is 5.80. The molecule has 1 aromatic carbocycles. The molecule has 1 aromatic rings. The highest BCUT2D eigenvalue weighted by Gasteiger charge is 2.31. The molecule has 1 aliphatic heterocycles. The minimum atomic E-state index is -3.54. The van der Waals surface area contributed by atoms with Gasteiger partial charge in [0.15, 0.2) is 0 Å². The lowest BCUT2D eigenvalue weighted by Crippen LogP contribution is -2.43. The number of benzene rings is 1. The maximum Gasteiger partial charge on any atom is 0.243 e. The number of methoxy groups -OCH3 is 1. The first-order valence-electron chi connectivity index (χ1n) is 7.34. The molecule has 1 N–H and O–H groups in total. The Bertz CT molecular complexity index is 684. The number of rotatable bonds is 5. The second-order valence-electron chi connectivity index (χ2n) is 5.28. The lowest BCUT2D eigenvalue weighted by molar-refractivity contribution is -0.125. The minimum Gasteiger partial charge on any atom is -0.497 e. The standard InChI is InChI=1S/C16H20N2O4S/c1-3-10-17-16(19)13-8-11-18(12-9-13)23(20,21)15-6-4-14(22-2)5-7-15/h1,4-7,13H,8-12H2,2H3,(H,17,19). The monoisotopic (exact) mass is 336 g/mol. The van der Waals surface area contributed by atoms with Crippen LogP contribution in [-0.2, 0) is 14.8 Å². The van der Waals surface area contributed by atoms with E-state index in [1.165, 1.54) is 23.5 Å². The van der Waals surface area contributed by atoms with E-state index < -0.39 is 10.0 Å². The van der Waals surface area contributed by atoms with Crippen LogP contribution in [0.1, 0.15) is 12.8 Å². The van der Waals surface area contributed by atoms with E-state index >= 15 is 0 Å². The molecule has 0 unspecified atom stereocenters. The van der Waals surface area contributed by atoms with Gasteiger partial charge in [-0.25, -0.2) is 8.42 Å². The molecular weight excluding hydrogens is 316 g/mol. The molecule has 1 saturated heterocycles. The van der Waals surface area contributed by atoms with E-state index in [1.807, 2.05) is 0 Å². The van der Waals surface area contributed by atoms with Crippen molar-refractivity contribution < 1.29 is 17.9 Å². The largest absolute Gasteiger partial charge is 0.497 e. The fourth-order valence-electron chi connectivity index (χ4n) is 2.54. The number of nitrogens with zero attached hydrogens (tertiary/aromatic N) is 1. The number of carbonyl (C=O) groups is 1. The van der Waals surface area contributed by atoms with Crippen molar-refractivity contribution in [3.63, 3.8) is 0 Å². The van der Waals surface area contributed by atoms with Crippen molar-refractivity contribution in [2.45, 2.75) is 17.7 Å². The fourth-order valence-corrected chi connectivity index (χ4v) is 4.01. The van der Waals surface area contributed by atoms with E-state index in [1.54, 1.807) is 12.1 Å². The van der Waals surface area contributed by atoms with Crippen LogP contribution in [0.15, 0.2) is 29.2 Å². The molecule has 1 aliphatic rings. The van der Waals surface area contributed by atoms with Crippen LogP contribution in [-0.4, -0.2) is 45.4 Å². The van der Waals surface area contributed by atoms with Gasteiger partial charge in [0.25, 0.3) is 0 Å². The predicted octanol–water partition coefficient (Wildman–Crippen LogP) is 0.845. The fraction of sp³-hybridized carbons (Fsp3) is 0.438. The van der Waals surface area contributed by atoms with Gasteiger partial charge in [0, 0.05) is 19.0 Å². The van der Waals surface area contributed by atoms with Crippen LogP contribution in [0.25, 0.3) is 0 Å².